The minimum atomic E-state index is -0.441. The van der Waals surface area contributed by atoms with Crippen LogP contribution in [-0.4, -0.2) is 0 Å². The van der Waals surface area contributed by atoms with E-state index in [0.29, 0.717) is 0 Å². The van der Waals surface area contributed by atoms with Crippen molar-refractivity contribution in [3.8, 4) is 0 Å². The second kappa shape index (κ2) is 8.06. The van der Waals surface area contributed by atoms with Gasteiger partial charge in [0, 0.05) is 10.2 Å². The van der Waals surface area contributed by atoms with E-state index >= 15 is 0 Å². The maximum Gasteiger partial charge on any atom is 0.0742 e. The summed E-state index contributed by atoms with van der Waals surface area (Å²) < 4.78 is 1.08. The van der Waals surface area contributed by atoms with Crippen LogP contribution in [-0.2, 0) is 5.41 Å². The second-order valence-electron chi connectivity index (χ2n) is 8.31. The van der Waals surface area contributed by atoms with Crippen LogP contribution in [0.3, 0.4) is 0 Å². The largest absolute Gasteiger partial charge is 0.309 e. The molecule has 0 fully saturated rings. The van der Waals surface area contributed by atoms with Gasteiger partial charge in [0.15, 0.2) is 0 Å². The van der Waals surface area contributed by atoms with Crippen molar-refractivity contribution in [3.05, 3.63) is 160 Å². The summed E-state index contributed by atoms with van der Waals surface area (Å²) in [5.41, 5.74) is 8.13. The van der Waals surface area contributed by atoms with Gasteiger partial charge in [0.1, 0.15) is 0 Å². The third-order valence-corrected chi connectivity index (χ3v) is 7.23. The van der Waals surface area contributed by atoms with Crippen LogP contribution in [0.5, 0.6) is 0 Å². The van der Waals surface area contributed by atoms with E-state index in [-0.39, 0.29) is 0 Å². The molecule has 0 aromatic heterocycles. The van der Waals surface area contributed by atoms with Gasteiger partial charge < -0.3 is 4.90 Å². The van der Waals surface area contributed by atoms with E-state index in [2.05, 4.69) is 154 Å². The first-order valence-corrected chi connectivity index (χ1v) is 12.0. The molecule has 0 N–H and O–H groups in total. The highest BCUT2D eigenvalue weighted by Crippen LogP contribution is 2.58. The number of benzene rings is 5. The molecule has 1 nitrogen and oxygen atoms in total. The summed E-state index contributed by atoms with van der Waals surface area (Å²) in [6.45, 7) is 0. The smallest absolute Gasteiger partial charge is 0.0742 e. The topological polar surface area (TPSA) is 3.24 Å². The first-order valence-electron chi connectivity index (χ1n) is 11.2. The number of para-hydroxylation sites is 3. The van der Waals surface area contributed by atoms with Gasteiger partial charge in [0.2, 0.25) is 0 Å². The Hall–Kier alpha value is -3.62. The van der Waals surface area contributed by atoms with Crippen LogP contribution >= 0.6 is 15.9 Å². The van der Waals surface area contributed by atoms with E-state index in [0.717, 1.165) is 10.2 Å². The number of rotatable bonds is 3. The van der Waals surface area contributed by atoms with Gasteiger partial charge in [-0.25, -0.2) is 0 Å². The summed E-state index contributed by atoms with van der Waals surface area (Å²) in [5.74, 6) is 0. The Balaban J connectivity index is 1.81. The highest BCUT2D eigenvalue weighted by atomic mass is 79.9. The number of anilines is 3. The summed E-state index contributed by atoms with van der Waals surface area (Å²) in [5, 5.41) is 0. The lowest BCUT2D eigenvalue weighted by molar-refractivity contribution is 0.730. The first-order chi connectivity index (χ1) is 16.3. The van der Waals surface area contributed by atoms with Gasteiger partial charge in [0.25, 0.3) is 0 Å². The molecule has 158 valence electrons. The van der Waals surface area contributed by atoms with Crippen molar-refractivity contribution in [2.75, 3.05) is 4.90 Å². The van der Waals surface area contributed by atoms with Crippen LogP contribution < -0.4 is 4.90 Å². The van der Waals surface area contributed by atoms with Crippen molar-refractivity contribution in [3.63, 3.8) is 0 Å². The van der Waals surface area contributed by atoms with Crippen LogP contribution in [0.25, 0.3) is 0 Å². The van der Waals surface area contributed by atoms with Gasteiger partial charge in [0.05, 0.1) is 16.8 Å². The Kier molecular flexibility index (Phi) is 4.89. The van der Waals surface area contributed by atoms with Gasteiger partial charge in [-0.05, 0) is 62.4 Å². The second-order valence-corrected chi connectivity index (χ2v) is 9.16. The monoisotopic (exact) mass is 487 g/mol. The van der Waals surface area contributed by atoms with Crippen LogP contribution in [0.2, 0.25) is 0 Å². The fourth-order valence-corrected chi connectivity index (χ4v) is 5.85. The number of halogens is 1. The van der Waals surface area contributed by atoms with Crippen molar-refractivity contribution >= 4 is 33.0 Å². The third kappa shape index (κ3) is 2.98. The molecule has 0 aliphatic carbocycles. The maximum absolute atomic E-state index is 3.93. The molecule has 5 aromatic carbocycles. The van der Waals surface area contributed by atoms with Gasteiger partial charge in [-0.1, -0.05) is 109 Å². The number of nitrogens with zero attached hydrogens (tertiary/aromatic N) is 1. The molecule has 0 saturated carbocycles. The molecule has 2 heteroatoms. The Bertz CT molecular complexity index is 1370. The molecule has 0 saturated heterocycles. The van der Waals surface area contributed by atoms with Crippen molar-refractivity contribution in [1.82, 2.24) is 0 Å². The van der Waals surface area contributed by atoms with Gasteiger partial charge >= 0.3 is 0 Å². The lowest BCUT2D eigenvalue weighted by Crippen LogP contribution is -2.37. The Morgan fingerprint density at radius 1 is 0.485 bits per heavy atom. The number of fused-ring (bicyclic) bond motifs is 2. The van der Waals surface area contributed by atoms with Gasteiger partial charge in [-0.3, -0.25) is 0 Å². The maximum atomic E-state index is 3.93. The van der Waals surface area contributed by atoms with E-state index < -0.39 is 5.41 Å². The van der Waals surface area contributed by atoms with Crippen molar-refractivity contribution < 1.29 is 0 Å². The first kappa shape index (κ1) is 20.0. The van der Waals surface area contributed by atoms with Crippen LogP contribution in [0.15, 0.2) is 138 Å². The predicted octanol–water partition coefficient (Wildman–Crippen LogP) is 8.62. The van der Waals surface area contributed by atoms with E-state index in [9.17, 15) is 0 Å². The SMILES string of the molecule is Brc1cccc2c1N(c1ccccc1)c1ccccc1C2(c1ccccc1)c1ccccc1. The third-order valence-electron chi connectivity index (χ3n) is 6.59. The molecule has 0 bridgehead atoms. The van der Waals surface area contributed by atoms with Gasteiger partial charge in [-0.15, -0.1) is 0 Å². The molecule has 1 aliphatic heterocycles. The molecule has 6 rings (SSSR count). The van der Waals surface area contributed by atoms with E-state index in [1.54, 1.807) is 0 Å². The minimum absolute atomic E-state index is 0.441. The molecule has 1 aliphatic rings. The van der Waals surface area contributed by atoms with Crippen molar-refractivity contribution in [2.45, 2.75) is 5.41 Å². The molecule has 0 radical (unpaired) electrons. The highest BCUT2D eigenvalue weighted by Gasteiger charge is 2.46. The van der Waals surface area contributed by atoms with Crippen molar-refractivity contribution in [2.24, 2.45) is 0 Å². The van der Waals surface area contributed by atoms with E-state index in [4.69, 9.17) is 0 Å². The average molecular weight is 488 g/mol. The molecule has 5 aromatic rings. The number of hydrogen-bond donors (Lipinski definition) is 0. The summed E-state index contributed by atoms with van der Waals surface area (Å²) in [4.78, 5) is 2.39. The Morgan fingerprint density at radius 2 is 1.00 bits per heavy atom. The minimum Gasteiger partial charge on any atom is -0.309 e. The van der Waals surface area contributed by atoms with Crippen LogP contribution in [0, 0.1) is 0 Å². The number of hydrogen-bond acceptors (Lipinski definition) is 1. The molecular weight excluding hydrogens is 466 g/mol. The molecule has 0 spiro atoms. The molecular formula is C31H22BrN. The summed E-state index contributed by atoms with van der Waals surface area (Å²) in [6.07, 6.45) is 0. The molecule has 0 unspecified atom stereocenters. The fraction of sp³-hybridized carbons (Fsp3) is 0.0323. The zero-order chi connectivity index (χ0) is 22.3. The highest BCUT2D eigenvalue weighted by molar-refractivity contribution is 9.10. The fourth-order valence-electron chi connectivity index (χ4n) is 5.31. The normalized spacial score (nSPS) is 13.8. The predicted molar refractivity (Wildman–Crippen MR) is 141 cm³/mol. The molecule has 33 heavy (non-hydrogen) atoms. The van der Waals surface area contributed by atoms with Crippen molar-refractivity contribution in [1.29, 1.82) is 0 Å². The van der Waals surface area contributed by atoms with Crippen LogP contribution in [0.4, 0.5) is 17.1 Å². The Labute approximate surface area is 203 Å². The van der Waals surface area contributed by atoms with E-state index in [1.807, 2.05) is 0 Å². The van der Waals surface area contributed by atoms with Gasteiger partial charge in [-0.2, -0.15) is 0 Å². The lowest BCUT2D eigenvalue weighted by Gasteiger charge is -2.46. The standard InChI is InChI=1S/C31H22BrN/c32-28-21-12-20-27-30(28)33(25-17-8-3-9-18-25)29-22-11-10-19-26(29)31(27,23-13-4-1-5-14-23)24-15-6-2-7-16-24/h1-22H. The molecule has 0 atom stereocenters. The van der Waals surface area contributed by atoms with Crippen LogP contribution in [0.1, 0.15) is 22.3 Å². The lowest BCUT2D eigenvalue weighted by atomic mass is 9.62. The zero-order valence-corrected chi connectivity index (χ0v) is 19.6. The van der Waals surface area contributed by atoms with E-state index in [1.165, 1.54) is 33.6 Å². The zero-order valence-electron chi connectivity index (χ0n) is 18.0. The molecule has 0 amide bonds. The summed E-state index contributed by atoms with van der Waals surface area (Å²) in [6, 6.07) is 47.8. The summed E-state index contributed by atoms with van der Waals surface area (Å²) >= 11 is 3.93. The quantitative estimate of drug-likeness (QED) is 0.241. The summed E-state index contributed by atoms with van der Waals surface area (Å²) in [7, 11) is 0. The molecule has 1 heterocycles. The Morgan fingerprint density at radius 3 is 1.64 bits per heavy atom. The average Bonchev–Trinajstić information content (AvgIpc) is 2.89.